The zero-order chi connectivity index (χ0) is 7.62. The van der Waals surface area contributed by atoms with E-state index in [1.807, 2.05) is 0 Å². The molecule has 2 aliphatic carbocycles. The van der Waals surface area contributed by atoms with Crippen molar-refractivity contribution in [1.29, 1.82) is 0 Å². The second-order valence-corrected chi connectivity index (χ2v) is 5.45. The maximum atomic E-state index is 2.47. The molecule has 0 aromatic heterocycles. The fraction of sp³-hybridized carbons (Fsp3) is 1.00. The van der Waals surface area contributed by atoms with Crippen molar-refractivity contribution >= 4 is 0 Å². The molecule has 0 nitrogen and oxygen atoms in total. The van der Waals surface area contributed by atoms with Crippen molar-refractivity contribution in [2.45, 2.75) is 47.0 Å². The van der Waals surface area contributed by atoms with Crippen molar-refractivity contribution < 1.29 is 0 Å². The maximum Gasteiger partial charge on any atom is -0.0215 e. The van der Waals surface area contributed by atoms with Gasteiger partial charge in [-0.15, -0.1) is 0 Å². The Labute approximate surface area is 64.0 Å². The lowest BCUT2D eigenvalue weighted by Gasteiger charge is -2.27. The van der Waals surface area contributed by atoms with E-state index in [4.69, 9.17) is 0 Å². The molecule has 2 atom stereocenters. The fourth-order valence-electron chi connectivity index (χ4n) is 3.02. The molecule has 2 saturated carbocycles. The highest BCUT2D eigenvalue weighted by Crippen LogP contribution is 2.79. The standard InChI is InChI=1S/C10H18/c1-8(2)5-6-9(3)7-10(8,9)4/h5-7H2,1-4H3. The summed E-state index contributed by atoms with van der Waals surface area (Å²) in [7, 11) is 0. The predicted octanol–water partition coefficient (Wildman–Crippen LogP) is 3.22. The van der Waals surface area contributed by atoms with Crippen LogP contribution in [0.25, 0.3) is 0 Å². The minimum atomic E-state index is 0.627. The topological polar surface area (TPSA) is 0 Å². The molecule has 0 amide bonds. The molecule has 0 spiro atoms. The first-order chi connectivity index (χ1) is 4.41. The molecule has 0 aromatic carbocycles. The van der Waals surface area contributed by atoms with Crippen molar-refractivity contribution in [2.24, 2.45) is 16.2 Å². The molecular weight excluding hydrogens is 120 g/mol. The highest BCUT2D eigenvalue weighted by molar-refractivity contribution is 5.20. The molecule has 0 heterocycles. The van der Waals surface area contributed by atoms with Crippen LogP contribution in [0, 0.1) is 16.2 Å². The second-order valence-electron chi connectivity index (χ2n) is 5.45. The highest BCUT2D eigenvalue weighted by Gasteiger charge is 2.70. The first-order valence-electron chi connectivity index (χ1n) is 4.41. The van der Waals surface area contributed by atoms with Gasteiger partial charge in [-0.3, -0.25) is 0 Å². The van der Waals surface area contributed by atoms with Gasteiger partial charge >= 0.3 is 0 Å². The Bertz CT molecular complexity index is 176. The summed E-state index contributed by atoms with van der Waals surface area (Å²) in [5.41, 5.74) is 2.05. The Morgan fingerprint density at radius 1 is 0.900 bits per heavy atom. The van der Waals surface area contributed by atoms with Gasteiger partial charge in [0.15, 0.2) is 0 Å². The number of rotatable bonds is 0. The summed E-state index contributed by atoms with van der Waals surface area (Å²) < 4.78 is 0. The van der Waals surface area contributed by atoms with Gasteiger partial charge in [-0.25, -0.2) is 0 Å². The summed E-state index contributed by atoms with van der Waals surface area (Å²) in [6, 6.07) is 0. The molecule has 10 heavy (non-hydrogen) atoms. The van der Waals surface area contributed by atoms with E-state index in [9.17, 15) is 0 Å². The van der Waals surface area contributed by atoms with Crippen molar-refractivity contribution in [3.8, 4) is 0 Å². The quantitative estimate of drug-likeness (QED) is 0.482. The molecule has 2 rings (SSSR count). The third-order valence-electron chi connectivity index (χ3n) is 4.75. The Kier molecular flexibility index (Phi) is 0.874. The van der Waals surface area contributed by atoms with E-state index in [2.05, 4.69) is 27.7 Å². The van der Waals surface area contributed by atoms with Crippen LogP contribution in [0.3, 0.4) is 0 Å². The average molecular weight is 138 g/mol. The first-order valence-corrected chi connectivity index (χ1v) is 4.41. The Balaban J connectivity index is 2.34. The van der Waals surface area contributed by atoms with Gasteiger partial charge in [0.2, 0.25) is 0 Å². The smallest absolute Gasteiger partial charge is 0.0215 e. The van der Waals surface area contributed by atoms with Crippen LogP contribution in [0.5, 0.6) is 0 Å². The van der Waals surface area contributed by atoms with E-state index in [-0.39, 0.29) is 0 Å². The fourth-order valence-corrected chi connectivity index (χ4v) is 3.02. The summed E-state index contributed by atoms with van der Waals surface area (Å²) in [6.45, 7) is 9.80. The maximum absolute atomic E-state index is 2.47. The van der Waals surface area contributed by atoms with Gasteiger partial charge < -0.3 is 0 Å². The van der Waals surface area contributed by atoms with E-state index < -0.39 is 0 Å². The van der Waals surface area contributed by atoms with Crippen LogP contribution in [-0.4, -0.2) is 0 Å². The van der Waals surface area contributed by atoms with E-state index in [1.165, 1.54) is 19.3 Å². The molecule has 0 saturated heterocycles. The normalized spacial score (nSPS) is 56.4. The number of fused-ring (bicyclic) bond motifs is 1. The van der Waals surface area contributed by atoms with E-state index in [0.717, 1.165) is 5.41 Å². The lowest BCUT2D eigenvalue weighted by molar-refractivity contribution is 0.217. The molecule has 2 fully saturated rings. The van der Waals surface area contributed by atoms with Gasteiger partial charge in [-0.05, 0) is 35.5 Å². The van der Waals surface area contributed by atoms with Crippen LogP contribution < -0.4 is 0 Å². The van der Waals surface area contributed by atoms with Crippen molar-refractivity contribution in [2.75, 3.05) is 0 Å². The Hall–Kier alpha value is 0. The van der Waals surface area contributed by atoms with Crippen LogP contribution >= 0.6 is 0 Å². The molecule has 2 unspecified atom stereocenters. The molecule has 0 N–H and O–H groups in total. The van der Waals surface area contributed by atoms with Gasteiger partial charge in [0.25, 0.3) is 0 Å². The Morgan fingerprint density at radius 3 is 1.60 bits per heavy atom. The van der Waals surface area contributed by atoms with Crippen LogP contribution in [0.4, 0.5) is 0 Å². The lowest BCUT2D eigenvalue weighted by Crippen LogP contribution is -2.19. The van der Waals surface area contributed by atoms with Crippen molar-refractivity contribution in [1.82, 2.24) is 0 Å². The SMILES string of the molecule is CC1(C)CCC2(C)CC12C. The van der Waals surface area contributed by atoms with Crippen LogP contribution in [0.1, 0.15) is 47.0 Å². The lowest BCUT2D eigenvalue weighted by atomic mass is 9.77. The third kappa shape index (κ3) is 0.466. The first kappa shape index (κ1) is 6.69. The zero-order valence-corrected chi connectivity index (χ0v) is 7.62. The van der Waals surface area contributed by atoms with Gasteiger partial charge in [-0.2, -0.15) is 0 Å². The Morgan fingerprint density at radius 2 is 1.50 bits per heavy atom. The predicted molar refractivity (Wildman–Crippen MR) is 43.8 cm³/mol. The summed E-state index contributed by atoms with van der Waals surface area (Å²) in [5, 5.41) is 0. The summed E-state index contributed by atoms with van der Waals surface area (Å²) in [4.78, 5) is 0. The second kappa shape index (κ2) is 1.31. The molecule has 0 aromatic rings. The van der Waals surface area contributed by atoms with Crippen molar-refractivity contribution in [3.05, 3.63) is 0 Å². The molecule has 0 heteroatoms. The minimum Gasteiger partial charge on any atom is -0.0594 e. The van der Waals surface area contributed by atoms with Crippen LogP contribution in [0.2, 0.25) is 0 Å². The molecule has 0 radical (unpaired) electrons. The van der Waals surface area contributed by atoms with Crippen LogP contribution in [0.15, 0.2) is 0 Å². The summed E-state index contributed by atoms with van der Waals surface area (Å²) >= 11 is 0. The average Bonchev–Trinajstić information content (AvgIpc) is 2.29. The largest absolute Gasteiger partial charge is 0.0594 e. The number of hydrogen-bond donors (Lipinski definition) is 0. The zero-order valence-electron chi connectivity index (χ0n) is 7.62. The van der Waals surface area contributed by atoms with E-state index in [0.29, 0.717) is 10.8 Å². The van der Waals surface area contributed by atoms with Gasteiger partial charge in [0.1, 0.15) is 0 Å². The molecular formula is C10H18. The third-order valence-corrected chi connectivity index (χ3v) is 4.75. The molecule has 0 aliphatic heterocycles. The summed E-state index contributed by atoms with van der Waals surface area (Å²) in [6.07, 6.45) is 4.39. The van der Waals surface area contributed by atoms with Gasteiger partial charge in [-0.1, -0.05) is 27.7 Å². The van der Waals surface area contributed by atoms with Crippen LogP contribution in [-0.2, 0) is 0 Å². The van der Waals surface area contributed by atoms with Gasteiger partial charge in [0.05, 0.1) is 0 Å². The van der Waals surface area contributed by atoms with Crippen molar-refractivity contribution in [3.63, 3.8) is 0 Å². The van der Waals surface area contributed by atoms with Gasteiger partial charge in [0, 0.05) is 0 Å². The molecule has 2 aliphatic rings. The minimum absolute atomic E-state index is 0.627. The van der Waals surface area contributed by atoms with E-state index in [1.54, 1.807) is 0 Å². The monoisotopic (exact) mass is 138 g/mol. The van der Waals surface area contributed by atoms with E-state index >= 15 is 0 Å². The molecule has 58 valence electrons. The highest BCUT2D eigenvalue weighted by atomic mass is 14.7. The molecule has 0 bridgehead atoms. The number of hydrogen-bond acceptors (Lipinski definition) is 0. The summed E-state index contributed by atoms with van der Waals surface area (Å²) in [5.74, 6) is 0.